The van der Waals surface area contributed by atoms with Crippen molar-refractivity contribution in [2.24, 2.45) is 0 Å². The van der Waals surface area contributed by atoms with E-state index in [1.807, 2.05) is 22.1 Å². The summed E-state index contributed by atoms with van der Waals surface area (Å²) in [6, 6.07) is 2.17. The molecule has 4 aromatic heterocycles. The first kappa shape index (κ1) is 20.7. The highest BCUT2D eigenvalue weighted by atomic mass is 32.2. The first-order chi connectivity index (χ1) is 15.0. The Morgan fingerprint density at radius 1 is 1.19 bits per heavy atom. The molecule has 4 heterocycles. The highest BCUT2D eigenvalue weighted by Crippen LogP contribution is 2.35. The third kappa shape index (κ3) is 3.59. The maximum absolute atomic E-state index is 13.6. The summed E-state index contributed by atoms with van der Waals surface area (Å²) < 4.78 is 3.94. The SMILES string of the molecule is CCC(C)n1c(SCc2cn3c(C)cc(C)nc3n2)nc2sc3c(c2c1=O)CCCC3. The van der Waals surface area contributed by atoms with Gasteiger partial charge in [-0.15, -0.1) is 11.3 Å². The zero-order valence-electron chi connectivity index (χ0n) is 18.4. The summed E-state index contributed by atoms with van der Waals surface area (Å²) in [5.74, 6) is 1.38. The monoisotopic (exact) mass is 453 g/mol. The number of aryl methyl sites for hydroxylation is 4. The molecule has 0 amide bonds. The van der Waals surface area contributed by atoms with Crippen LogP contribution in [-0.4, -0.2) is 23.9 Å². The number of fused-ring (bicyclic) bond motifs is 4. The van der Waals surface area contributed by atoms with Crippen molar-refractivity contribution in [3.05, 3.63) is 50.1 Å². The average molecular weight is 454 g/mol. The maximum atomic E-state index is 13.6. The molecule has 1 aliphatic carbocycles. The molecule has 1 unspecified atom stereocenters. The van der Waals surface area contributed by atoms with Gasteiger partial charge in [-0.2, -0.15) is 0 Å². The summed E-state index contributed by atoms with van der Waals surface area (Å²) in [6.45, 7) is 8.28. The molecular weight excluding hydrogens is 426 g/mol. The van der Waals surface area contributed by atoms with Gasteiger partial charge in [-0.05, 0) is 64.5 Å². The van der Waals surface area contributed by atoms with Crippen LogP contribution in [0.1, 0.15) is 66.7 Å². The number of imidazole rings is 1. The number of hydrogen-bond donors (Lipinski definition) is 0. The van der Waals surface area contributed by atoms with Crippen LogP contribution in [0.4, 0.5) is 0 Å². The van der Waals surface area contributed by atoms with Crippen molar-refractivity contribution in [3.63, 3.8) is 0 Å². The average Bonchev–Trinajstić information content (AvgIpc) is 3.32. The Kier molecular flexibility index (Phi) is 5.38. The predicted octanol–water partition coefficient (Wildman–Crippen LogP) is 5.26. The van der Waals surface area contributed by atoms with Crippen LogP contribution in [0.15, 0.2) is 22.2 Å². The third-order valence-electron chi connectivity index (χ3n) is 6.18. The van der Waals surface area contributed by atoms with E-state index in [0.29, 0.717) is 5.75 Å². The second-order valence-corrected chi connectivity index (χ2v) is 10.5. The minimum absolute atomic E-state index is 0.110. The maximum Gasteiger partial charge on any atom is 0.263 e. The Morgan fingerprint density at radius 2 is 2.00 bits per heavy atom. The Morgan fingerprint density at radius 3 is 2.81 bits per heavy atom. The van der Waals surface area contributed by atoms with Crippen molar-refractivity contribution >= 4 is 39.1 Å². The Labute approximate surface area is 189 Å². The molecule has 0 fully saturated rings. The fourth-order valence-corrected chi connectivity index (χ4v) is 6.68. The van der Waals surface area contributed by atoms with E-state index < -0.39 is 0 Å². The number of aromatic nitrogens is 5. The molecular formula is C23H27N5OS2. The summed E-state index contributed by atoms with van der Waals surface area (Å²) >= 11 is 3.32. The van der Waals surface area contributed by atoms with Crippen LogP contribution in [0.2, 0.25) is 0 Å². The summed E-state index contributed by atoms with van der Waals surface area (Å²) in [5, 5.41) is 1.66. The molecule has 5 rings (SSSR count). The topological polar surface area (TPSA) is 65.1 Å². The van der Waals surface area contributed by atoms with Crippen LogP contribution in [0.25, 0.3) is 16.0 Å². The Balaban J connectivity index is 1.56. The van der Waals surface area contributed by atoms with E-state index in [1.54, 1.807) is 23.1 Å². The predicted molar refractivity (Wildman–Crippen MR) is 128 cm³/mol. The van der Waals surface area contributed by atoms with Crippen LogP contribution in [0.3, 0.4) is 0 Å². The standard InChI is InChI=1S/C23H27N5OS2/c1-5-14(3)28-21(29)19-17-8-6-7-9-18(17)31-20(19)26-23(28)30-12-16-11-27-15(4)10-13(2)24-22(27)25-16/h10-11,14H,5-9,12H2,1-4H3. The molecule has 1 atom stereocenters. The molecule has 4 aromatic rings. The summed E-state index contributed by atoms with van der Waals surface area (Å²) in [6.07, 6.45) is 7.39. The van der Waals surface area contributed by atoms with E-state index in [0.717, 1.165) is 57.5 Å². The van der Waals surface area contributed by atoms with E-state index >= 15 is 0 Å². The largest absolute Gasteiger partial charge is 0.288 e. The van der Waals surface area contributed by atoms with Gasteiger partial charge in [-0.25, -0.2) is 15.0 Å². The second kappa shape index (κ2) is 8.06. The van der Waals surface area contributed by atoms with Gasteiger partial charge in [-0.3, -0.25) is 13.8 Å². The Bertz CT molecular complexity index is 1350. The van der Waals surface area contributed by atoms with Crippen molar-refractivity contribution < 1.29 is 0 Å². The van der Waals surface area contributed by atoms with Crippen LogP contribution < -0.4 is 5.56 Å². The molecule has 1 aliphatic rings. The summed E-state index contributed by atoms with van der Waals surface area (Å²) in [7, 11) is 0. The minimum Gasteiger partial charge on any atom is -0.288 e. The summed E-state index contributed by atoms with van der Waals surface area (Å²) in [4.78, 5) is 30.1. The number of rotatable bonds is 5. The van der Waals surface area contributed by atoms with E-state index in [-0.39, 0.29) is 11.6 Å². The van der Waals surface area contributed by atoms with Gasteiger partial charge in [0, 0.05) is 34.3 Å². The molecule has 0 spiro atoms. The van der Waals surface area contributed by atoms with Crippen LogP contribution in [-0.2, 0) is 18.6 Å². The van der Waals surface area contributed by atoms with Crippen molar-refractivity contribution in [2.75, 3.05) is 0 Å². The zero-order valence-corrected chi connectivity index (χ0v) is 20.1. The van der Waals surface area contributed by atoms with Gasteiger partial charge in [0.25, 0.3) is 5.56 Å². The van der Waals surface area contributed by atoms with Crippen LogP contribution in [0.5, 0.6) is 0 Å². The Hall–Kier alpha value is -2.19. The van der Waals surface area contributed by atoms with Gasteiger partial charge in [0.2, 0.25) is 5.78 Å². The number of thioether (sulfide) groups is 1. The molecule has 0 saturated carbocycles. The number of hydrogen-bond acceptors (Lipinski definition) is 6. The van der Waals surface area contributed by atoms with Gasteiger partial charge >= 0.3 is 0 Å². The smallest absolute Gasteiger partial charge is 0.263 e. The fourth-order valence-electron chi connectivity index (χ4n) is 4.40. The van der Waals surface area contributed by atoms with E-state index in [1.165, 1.54) is 23.3 Å². The van der Waals surface area contributed by atoms with E-state index in [4.69, 9.17) is 9.97 Å². The van der Waals surface area contributed by atoms with E-state index in [2.05, 4.69) is 31.8 Å². The zero-order chi connectivity index (χ0) is 21.7. The number of nitrogens with zero attached hydrogens (tertiary/aromatic N) is 5. The molecule has 162 valence electrons. The van der Waals surface area contributed by atoms with Crippen molar-refractivity contribution in [1.82, 2.24) is 23.9 Å². The van der Waals surface area contributed by atoms with Crippen molar-refractivity contribution in [2.45, 2.75) is 76.8 Å². The molecule has 0 bridgehead atoms. The lowest BCUT2D eigenvalue weighted by atomic mass is 9.97. The molecule has 0 radical (unpaired) electrons. The van der Waals surface area contributed by atoms with Gasteiger partial charge < -0.3 is 0 Å². The van der Waals surface area contributed by atoms with Crippen molar-refractivity contribution in [3.8, 4) is 0 Å². The van der Waals surface area contributed by atoms with Crippen LogP contribution in [0, 0.1) is 13.8 Å². The second-order valence-electron chi connectivity index (χ2n) is 8.45. The highest BCUT2D eigenvalue weighted by Gasteiger charge is 2.24. The van der Waals surface area contributed by atoms with Gasteiger partial charge in [0.1, 0.15) is 4.83 Å². The third-order valence-corrected chi connectivity index (χ3v) is 8.35. The summed E-state index contributed by atoms with van der Waals surface area (Å²) in [5.41, 5.74) is 4.42. The van der Waals surface area contributed by atoms with Crippen LogP contribution >= 0.6 is 23.1 Å². The molecule has 0 aliphatic heterocycles. The molecule has 0 N–H and O–H groups in total. The molecule has 8 heteroatoms. The van der Waals surface area contributed by atoms with Gasteiger partial charge in [0.15, 0.2) is 5.16 Å². The first-order valence-corrected chi connectivity index (χ1v) is 12.8. The van der Waals surface area contributed by atoms with Gasteiger partial charge in [-0.1, -0.05) is 18.7 Å². The normalized spacial score (nSPS) is 15.0. The lowest BCUT2D eigenvalue weighted by Gasteiger charge is -2.18. The quantitative estimate of drug-likeness (QED) is 0.305. The molecule has 0 saturated heterocycles. The minimum atomic E-state index is 0.110. The lowest BCUT2D eigenvalue weighted by molar-refractivity contribution is 0.468. The fraction of sp³-hybridized carbons (Fsp3) is 0.478. The molecule has 31 heavy (non-hydrogen) atoms. The number of thiophene rings is 1. The molecule has 6 nitrogen and oxygen atoms in total. The first-order valence-electron chi connectivity index (χ1n) is 11.0. The van der Waals surface area contributed by atoms with Crippen molar-refractivity contribution in [1.29, 1.82) is 0 Å². The van der Waals surface area contributed by atoms with E-state index in [9.17, 15) is 4.79 Å². The van der Waals surface area contributed by atoms with Gasteiger partial charge in [0.05, 0.1) is 11.1 Å². The lowest BCUT2D eigenvalue weighted by Crippen LogP contribution is -2.26. The highest BCUT2D eigenvalue weighted by molar-refractivity contribution is 7.98. The molecule has 0 aromatic carbocycles.